The van der Waals surface area contributed by atoms with Crippen molar-refractivity contribution in [1.29, 1.82) is 5.26 Å². The lowest BCUT2D eigenvalue weighted by Gasteiger charge is -2.42. The summed E-state index contributed by atoms with van der Waals surface area (Å²) in [5, 5.41) is 13.5. The quantitative estimate of drug-likeness (QED) is 0.806. The molecule has 29 heavy (non-hydrogen) atoms. The maximum atomic E-state index is 13.1. The van der Waals surface area contributed by atoms with E-state index in [1.807, 2.05) is 14.1 Å². The van der Waals surface area contributed by atoms with E-state index < -0.39 is 5.92 Å². The second kappa shape index (κ2) is 8.05. The summed E-state index contributed by atoms with van der Waals surface area (Å²) in [6.07, 6.45) is 1.88. The highest BCUT2D eigenvalue weighted by Gasteiger charge is 2.42. The van der Waals surface area contributed by atoms with Gasteiger partial charge in [-0.1, -0.05) is 0 Å². The third-order valence-corrected chi connectivity index (χ3v) is 5.33. The van der Waals surface area contributed by atoms with E-state index in [1.165, 1.54) is 21.3 Å². The Hall–Kier alpha value is -3.18. The SMILES string of the molecule is COc1cc(OC)c(C2C(C#N)=C(N)N(N(C)C)C3=C2C(=O)CCC3)cc1OC. The lowest BCUT2D eigenvalue weighted by atomic mass is 9.75. The van der Waals surface area contributed by atoms with Gasteiger partial charge in [-0.3, -0.25) is 9.80 Å². The first-order valence-corrected chi connectivity index (χ1v) is 9.32. The van der Waals surface area contributed by atoms with Gasteiger partial charge in [-0.05, 0) is 18.9 Å². The molecule has 0 saturated carbocycles. The standard InChI is InChI=1S/C21H26N4O4/c1-24(2)25-14-7-6-8-15(26)20(14)19(13(11-22)21(25)23)12-9-17(28-4)18(29-5)10-16(12)27-3/h9-10,19H,6-8,23H2,1-5H3. The van der Waals surface area contributed by atoms with Crippen LogP contribution in [0.25, 0.3) is 0 Å². The Morgan fingerprint density at radius 1 is 1.10 bits per heavy atom. The lowest BCUT2D eigenvalue weighted by molar-refractivity contribution is -0.116. The van der Waals surface area contributed by atoms with Gasteiger partial charge in [0.2, 0.25) is 0 Å². The molecule has 2 N–H and O–H groups in total. The van der Waals surface area contributed by atoms with Gasteiger partial charge in [0.25, 0.3) is 0 Å². The molecule has 1 unspecified atom stereocenters. The third-order valence-electron chi connectivity index (χ3n) is 5.33. The summed E-state index contributed by atoms with van der Waals surface area (Å²) >= 11 is 0. The number of hydrogen-bond donors (Lipinski definition) is 1. The summed E-state index contributed by atoms with van der Waals surface area (Å²) < 4.78 is 16.4. The van der Waals surface area contributed by atoms with Crippen LogP contribution in [0.2, 0.25) is 0 Å². The van der Waals surface area contributed by atoms with Gasteiger partial charge in [-0.2, -0.15) is 5.26 Å². The van der Waals surface area contributed by atoms with Crippen molar-refractivity contribution in [2.75, 3.05) is 35.4 Å². The fourth-order valence-electron chi connectivity index (χ4n) is 4.11. The Bertz CT molecular complexity index is 943. The van der Waals surface area contributed by atoms with Gasteiger partial charge in [0.15, 0.2) is 17.3 Å². The highest BCUT2D eigenvalue weighted by Crippen LogP contribution is 2.49. The first-order valence-electron chi connectivity index (χ1n) is 9.32. The number of rotatable bonds is 5. The predicted octanol–water partition coefficient (Wildman–Crippen LogP) is 2.29. The predicted molar refractivity (Wildman–Crippen MR) is 107 cm³/mol. The van der Waals surface area contributed by atoms with Crippen molar-refractivity contribution < 1.29 is 19.0 Å². The van der Waals surface area contributed by atoms with Crippen LogP contribution in [0.5, 0.6) is 17.2 Å². The molecule has 0 fully saturated rings. The van der Waals surface area contributed by atoms with Crippen LogP contribution in [-0.4, -0.2) is 51.2 Å². The van der Waals surface area contributed by atoms with Crippen LogP contribution in [0, 0.1) is 11.3 Å². The molecule has 1 aliphatic carbocycles. The zero-order valence-electron chi connectivity index (χ0n) is 17.4. The molecule has 1 aromatic rings. The van der Waals surface area contributed by atoms with Crippen LogP contribution in [0.1, 0.15) is 30.7 Å². The van der Waals surface area contributed by atoms with E-state index in [2.05, 4.69) is 6.07 Å². The van der Waals surface area contributed by atoms with Crippen LogP contribution in [0.15, 0.2) is 34.8 Å². The molecule has 1 heterocycles. The first kappa shape index (κ1) is 20.6. The Morgan fingerprint density at radius 3 is 2.28 bits per heavy atom. The Kier molecular flexibility index (Phi) is 5.71. The van der Waals surface area contributed by atoms with Crippen LogP contribution >= 0.6 is 0 Å². The van der Waals surface area contributed by atoms with Gasteiger partial charge in [0.1, 0.15) is 11.6 Å². The molecule has 0 bridgehead atoms. The molecule has 1 atom stereocenters. The van der Waals surface area contributed by atoms with Crippen LogP contribution in [0.4, 0.5) is 0 Å². The van der Waals surface area contributed by atoms with E-state index in [0.29, 0.717) is 52.6 Å². The van der Waals surface area contributed by atoms with Crippen molar-refractivity contribution in [3.05, 3.63) is 40.4 Å². The van der Waals surface area contributed by atoms with Crippen LogP contribution in [0.3, 0.4) is 0 Å². The molecule has 8 nitrogen and oxygen atoms in total. The van der Waals surface area contributed by atoms with Gasteiger partial charge in [0.05, 0.1) is 38.9 Å². The smallest absolute Gasteiger partial charge is 0.164 e. The normalized spacial score (nSPS) is 19.3. The number of ether oxygens (including phenoxy) is 3. The van der Waals surface area contributed by atoms with E-state index >= 15 is 0 Å². The summed E-state index contributed by atoms with van der Waals surface area (Å²) in [5.41, 5.74) is 8.79. The minimum Gasteiger partial charge on any atom is -0.496 e. The summed E-state index contributed by atoms with van der Waals surface area (Å²) in [7, 11) is 8.29. The number of hydrogen-bond acceptors (Lipinski definition) is 8. The largest absolute Gasteiger partial charge is 0.496 e. The van der Waals surface area contributed by atoms with Gasteiger partial charge in [0, 0.05) is 43.4 Å². The zero-order valence-corrected chi connectivity index (χ0v) is 17.4. The molecule has 1 aliphatic heterocycles. The molecule has 3 rings (SSSR count). The van der Waals surface area contributed by atoms with Crippen molar-refractivity contribution in [2.45, 2.75) is 25.2 Å². The second-order valence-electron chi connectivity index (χ2n) is 7.09. The van der Waals surface area contributed by atoms with Crippen molar-refractivity contribution >= 4 is 5.78 Å². The number of benzene rings is 1. The van der Waals surface area contributed by atoms with Gasteiger partial charge in [-0.25, -0.2) is 5.01 Å². The van der Waals surface area contributed by atoms with Crippen molar-refractivity contribution in [3.8, 4) is 23.3 Å². The van der Waals surface area contributed by atoms with Crippen molar-refractivity contribution in [2.24, 2.45) is 5.73 Å². The summed E-state index contributed by atoms with van der Waals surface area (Å²) in [5.74, 6) is 1.18. The maximum Gasteiger partial charge on any atom is 0.164 e. The summed E-state index contributed by atoms with van der Waals surface area (Å²) in [6.45, 7) is 0. The van der Waals surface area contributed by atoms with Gasteiger partial charge >= 0.3 is 0 Å². The van der Waals surface area contributed by atoms with Gasteiger partial charge < -0.3 is 19.9 Å². The number of carbonyl (C=O) groups is 1. The average molecular weight is 398 g/mol. The summed E-state index contributed by atoms with van der Waals surface area (Å²) in [4.78, 5) is 13.1. The minimum absolute atomic E-state index is 0.0141. The highest BCUT2D eigenvalue weighted by atomic mass is 16.5. The van der Waals surface area contributed by atoms with E-state index in [1.54, 1.807) is 22.2 Å². The molecule has 0 aromatic heterocycles. The Balaban J connectivity index is 2.34. The first-order chi connectivity index (χ1) is 13.9. The number of methoxy groups -OCH3 is 3. The minimum atomic E-state index is -0.631. The molecule has 1 aromatic carbocycles. The Labute approximate surface area is 170 Å². The number of Topliss-reactive ketones (excluding diaryl/α,β-unsaturated/α-hetero) is 1. The fourth-order valence-corrected chi connectivity index (χ4v) is 4.11. The summed E-state index contributed by atoms with van der Waals surface area (Å²) in [6, 6.07) is 5.68. The molecular weight excluding hydrogens is 372 g/mol. The molecule has 0 amide bonds. The van der Waals surface area contributed by atoms with Crippen molar-refractivity contribution in [3.63, 3.8) is 0 Å². The monoisotopic (exact) mass is 398 g/mol. The maximum absolute atomic E-state index is 13.1. The topological polar surface area (TPSA) is 101 Å². The van der Waals surface area contributed by atoms with Crippen LogP contribution in [-0.2, 0) is 4.79 Å². The third kappa shape index (κ3) is 3.28. The van der Waals surface area contributed by atoms with Gasteiger partial charge in [-0.15, -0.1) is 0 Å². The zero-order chi connectivity index (χ0) is 21.3. The number of nitrogens with zero attached hydrogens (tertiary/aromatic N) is 3. The average Bonchev–Trinajstić information content (AvgIpc) is 2.71. The second-order valence-corrected chi connectivity index (χ2v) is 7.09. The number of ketones is 1. The Morgan fingerprint density at radius 2 is 1.72 bits per heavy atom. The van der Waals surface area contributed by atoms with Crippen molar-refractivity contribution in [1.82, 2.24) is 10.0 Å². The highest BCUT2D eigenvalue weighted by molar-refractivity contribution is 6.00. The number of hydrazine groups is 1. The lowest BCUT2D eigenvalue weighted by Crippen LogP contribution is -2.45. The van der Waals surface area contributed by atoms with Crippen LogP contribution < -0.4 is 19.9 Å². The molecule has 8 heteroatoms. The van der Waals surface area contributed by atoms with E-state index in [0.717, 1.165) is 12.1 Å². The molecule has 2 aliphatic rings. The van der Waals surface area contributed by atoms with E-state index in [4.69, 9.17) is 19.9 Å². The molecular formula is C21H26N4O4. The molecule has 0 spiro atoms. The van der Waals surface area contributed by atoms with E-state index in [-0.39, 0.29) is 5.78 Å². The fraction of sp³-hybridized carbons (Fsp3) is 0.429. The number of nitriles is 1. The molecule has 154 valence electrons. The molecule has 0 radical (unpaired) electrons. The molecule has 0 saturated heterocycles. The number of allylic oxidation sites excluding steroid dienone is 3. The van der Waals surface area contributed by atoms with E-state index in [9.17, 15) is 10.1 Å². The number of nitrogens with two attached hydrogens (primary N) is 1. The number of carbonyl (C=O) groups excluding carboxylic acids is 1.